The van der Waals surface area contributed by atoms with Gasteiger partial charge in [0.1, 0.15) is 0 Å². The van der Waals surface area contributed by atoms with E-state index in [2.05, 4.69) is 9.72 Å². The lowest BCUT2D eigenvalue weighted by Crippen LogP contribution is -2.19. The first kappa shape index (κ1) is 10.7. The average Bonchev–Trinajstić information content (AvgIpc) is 2.04. The number of hydrogen-bond acceptors (Lipinski definition) is 2. The zero-order valence-electron chi connectivity index (χ0n) is 6.82. The van der Waals surface area contributed by atoms with Gasteiger partial charge in [-0.25, -0.2) is 8.78 Å². The van der Waals surface area contributed by atoms with Crippen LogP contribution in [-0.2, 0) is 0 Å². The molecule has 7 heteroatoms. The van der Waals surface area contributed by atoms with Gasteiger partial charge in [0.05, 0.1) is 11.9 Å². The van der Waals surface area contributed by atoms with Crippen molar-refractivity contribution >= 4 is 0 Å². The van der Waals surface area contributed by atoms with E-state index in [1.54, 1.807) is 0 Å². The number of pyridine rings is 1. The first-order chi connectivity index (χ1) is 6.31. The van der Waals surface area contributed by atoms with Gasteiger partial charge in [-0.05, 0) is 6.92 Å². The Morgan fingerprint density at radius 2 is 1.86 bits per heavy atom. The molecule has 1 rings (SSSR count). The number of halogens is 5. The molecule has 0 saturated carbocycles. The van der Waals surface area contributed by atoms with Crippen molar-refractivity contribution in [2.24, 2.45) is 0 Å². The zero-order chi connectivity index (χ0) is 10.9. The molecule has 0 bridgehead atoms. The van der Waals surface area contributed by atoms with Gasteiger partial charge >= 0.3 is 6.36 Å². The largest absolute Gasteiger partial charge is 0.573 e. The van der Waals surface area contributed by atoms with Crippen LogP contribution in [0.1, 0.15) is 5.69 Å². The molecule has 0 fully saturated rings. The molecule has 0 N–H and O–H groups in total. The van der Waals surface area contributed by atoms with Crippen LogP contribution < -0.4 is 4.74 Å². The van der Waals surface area contributed by atoms with Crippen molar-refractivity contribution in [2.45, 2.75) is 13.3 Å². The second-order valence-electron chi connectivity index (χ2n) is 2.38. The summed E-state index contributed by atoms with van der Waals surface area (Å²) in [7, 11) is 0. The minimum atomic E-state index is -5.13. The number of rotatable bonds is 1. The lowest BCUT2D eigenvalue weighted by Gasteiger charge is -2.10. The summed E-state index contributed by atoms with van der Waals surface area (Å²) < 4.78 is 63.6. The van der Waals surface area contributed by atoms with Gasteiger partial charge in [-0.1, -0.05) is 0 Å². The summed E-state index contributed by atoms with van der Waals surface area (Å²) in [6.45, 7) is 1.10. The summed E-state index contributed by atoms with van der Waals surface area (Å²) in [5.41, 5.74) is -0.370. The molecule has 0 radical (unpaired) electrons. The van der Waals surface area contributed by atoms with Crippen LogP contribution in [0.25, 0.3) is 0 Å². The quantitative estimate of drug-likeness (QED) is 0.669. The second kappa shape index (κ2) is 3.39. The molecule has 14 heavy (non-hydrogen) atoms. The summed E-state index contributed by atoms with van der Waals surface area (Å²) in [5.74, 6) is -4.43. The van der Waals surface area contributed by atoms with Crippen LogP contribution in [0.5, 0.6) is 5.75 Å². The third-order valence-corrected chi connectivity index (χ3v) is 1.32. The third kappa shape index (κ3) is 2.30. The number of ether oxygens (including phenoxy) is 1. The summed E-state index contributed by atoms with van der Waals surface area (Å²) in [6, 6.07) is 0. The topological polar surface area (TPSA) is 22.1 Å². The SMILES string of the molecule is Cc1ncc(F)c(OC(F)(F)F)c1F. The summed E-state index contributed by atoms with van der Waals surface area (Å²) in [4.78, 5) is 3.17. The highest BCUT2D eigenvalue weighted by Gasteiger charge is 2.34. The number of aromatic nitrogens is 1. The molecule has 0 aliphatic rings. The highest BCUT2D eigenvalue weighted by Crippen LogP contribution is 2.28. The van der Waals surface area contributed by atoms with Crippen molar-refractivity contribution in [1.82, 2.24) is 4.98 Å². The molecule has 1 aromatic rings. The predicted molar refractivity (Wildman–Crippen MR) is 35.6 cm³/mol. The smallest absolute Gasteiger partial charge is 0.399 e. The fourth-order valence-corrected chi connectivity index (χ4v) is 0.747. The van der Waals surface area contributed by atoms with Gasteiger partial charge in [0, 0.05) is 0 Å². The maximum absolute atomic E-state index is 12.9. The molecule has 0 aliphatic heterocycles. The monoisotopic (exact) mass is 213 g/mol. The van der Waals surface area contributed by atoms with Gasteiger partial charge in [-0.15, -0.1) is 13.2 Å². The third-order valence-electron chi connectivity index (χ3n) is 1.32. The maximum Gasteiger partial charge on any atom is 0.573 e. The Balaban J connectivity index is 3.13. The Morgan fingerprint density at radius 3 is 2.36 bits per heavy atom. The van der Waals surface area contributed by atoms with Crippen molar-refractivity contribution in [2.75, 3.05) is 0 Å². The number of aryl methyl sites for hydroxylation is 1. The highest BCUT2D eigenvalue weighted by molar-refractivity contribution is 5.26. The van der Waals surface area contributed by atoms with Gasteiger partial charge in [-0.2, -0.15) is 0 Å². The van der Waals surface area contributed by atoms with Crippen LogP contribution in [0.2, 0.25) is 0 Å². The van der Waals surface area contributed by atoms with Gasteiger partial charge < -0.3 is 4.74 Å². The molecule has 1 heterocycles. The van der Waals surface area contributed by atoms with Crippen molar-refractivity contribution < 1.29 is 26.7 Å². The molecule has 0 spiro atoms. The highest BCUT2D eigenvalue weighted by atomic mass is 19.4. The molecule has 0 unspecified atom stereocenters. The van der Waals surface area contributed by atoms with Crippen LogP contribution in [0.15, 0.2) is 6.20 Å². The minimum Gasteiger partial charge on any atom is -0.399 e. The van der Waals surface area contributed by atoms with Crippen LogP contribution >= 0.6 is 0 Å². The summed E-state index contributed by atoms with van der Waals surface area (Å²) in [5, 5.41) is 0. The van der Waals surface area contributed by atoms with Crippen LogP contribution in [0.4, 0.5) is 22.0 Å². The number of alkyl halides is 3. The molecular formula is C7H4F5NO. The number of hydrogen-bond donors (Lipinski definition) is 0. The molecule has 78 valence electrons. The Morgan fingerprint density at radius 1 is 1.29 bits per heavy atom. The molecule has 0 atom stereocenters. The van der Waals surface area contributed by atoms with Crippen molar-refractivity contribution in [3.63, 3.8) is 0 Å². The van der Waals surface area contributed by atoms with Gasteiger partial charge in [0.25, 0.3) is 0 Å². The van der Waals surface area contributed by atoms with Gasteiger partial charge in [0.2, 0.25) is 5.75 Å². The zero-order valence-corrected chi connectivity index (χ0v) is 6.82. The van der Waals surface area contributed by atoms with E-state index in [1.807, 2.05) is 0 Å². The molecule has 0 amide bonds. The molecular weight excluding hydrogens is 209 g/mol. The standard InChI is InChI=1S/C7H4F5NO/c1-3-5(9)6(4(8)2-13-3)14-7(10,11)12/h2H,1H3. The Labute approximate surface area is 75.3 Å². The second-order valence-corrected chi connectivity index (χ2v) is 2.38. The van der Waals surface area contributed by atoms with E-state index in [9.17, 15) is 22.0 Å². The van der Waals surface area contributed by atoms with E-state index in [1.165, 1.54) is 0 Å². The first-order valence-corrected chi connectivity index (χ1v) is 3.37. The van der Waals surface area contributed by atoms with E-state index in [-0.39, 0.29) is 5.69 Å². The minimum absolute atomic E-state index is 0.370. The van der Waals surface area contributed by atoms with E-state index in [0.29, 0.717) is 6.20 Å². The maximum atomic E-state index is 12.9. The van der Waals surface area contributed by atoms with Crippen LogP contribution in [0.3, 0.4) is 0 Å². The van der Waals surface area contributed by atoms with Crippen LogP contribution in [-0.4, -0.2) is 11.3 Å². The lowest BCUT2D eigenvalue weighted by atomic mass is 10.3. The fraction of sp³-hybridized carbons (Fsp3) is 0.286. The summed E-state index contributed by atoms with van der Waals surface area (Å²) >= 11 is 0. The molecule has 2 nitrogen and oxygen atoms in total. The Bertz CT molecular complexity index is 349. The lowest BCUT2D eigenvalue weighted by molar-refractivity contribution is -0.276. The van der Waals surface area contributed by atoms with E-state index >= 15 is 0 Å². The Hall–Kier alpha value is -1.40. The molecule has 1 aromatic heterocycles. The van der Waals surface area contributed by atoms with Crippen molar-refractivity contribution in [3.8, 4) is 5.75 Å². The molecule has 0 aromatic carbocycles. The molecule has 0 saturated heterocycles. The van der Waals surface area contributed by atoms with E-state index in [4.69, 9.17) is 0 Å². The van der Waals surface area contributed by atoms with Gasteiger partial charge in [-0.3, -0.25) is 4.98 Å². The van der Waals surface area contributed by atoms with Crippen LogP contribution in [0, 0.1) is 18.6 Å². The number of nitrogens with zero attached hydrogens (tertiary/aromatic N) is 1. The van der Waals surface area contributed by atoms with Gasteiger partial charge in [0.15, 0.2) is 11.6 Å². The van der Waals surface area contributed by atoms with E-state index in [0.717, 1.165) is 6.92 Å². The van der Waals surface area contributed by atoms with Crippen molar-refractivity contribution in [1.29, 1.82) is 0 Å². The first-order valence-electron chi connectivity index (χ1n) is 3.37. The average molecular weight is 213 g/mol. The van der Waals surface area contributed by atoms with Crippen molar-refractivity contribution in [3.05, 3.63) is 23.5 Å². The predicted octanol–water partition coefficient (Wildman–Crippen LogP) is 2.57. The Kier molecular flexibility index (Phi) is 2.59. The fourth-order valence-electron chi connectivity index (χ4n) is 0.747. The van der Waals surface area contributed by atoms with E-state index < -0.39 is 23.7 Å². The molecule has 0 aliphatic carbocycles. The summed E-state index contributed by atoms with van der Waals surface area (Å²) in [6.07, 6.45) is -4.67. The normalized spacial score (nSPS) is 11.6.